The molecule has 3 aromatic rings. The molecule has 0 atom stereocenters. The van der Waals surface area contributed by atoms with Gasteiger partial charge in [-0.2, -0.15) is 4.98 Å². The SMILES string of the molecule is COC(=O)COc1ncc(C(=O)Nc2ccc(F)cc2)c(N2CCC(O)(c3ccc(Br)cc3)CC2)n1. The van der Waals surface area contributed by atoms with E-state index in [4.69, 9.17) is 4.74 Å². The number of hydrogen-bond acceptors (Lipinski definition) is 8. The van der Waals surface area contributed by atoms with Gasteiger partial charge in [0.05, 0.1) is 12.7 Å². The second kappa shape index (κ2) is 11.0. The van der Waals surface area contributed by atoms with Gasteiger partial charge in [0.1, 0.15) is 17.2 Å². The lowest BCUT2D eigenvalue weighted by atomic mass is 9.84. The van der Waals surface area contributed by atoms with E-state index in [1.54, 1.807) is 0 Å². The molecule has 0 unspecified atom stereocenters. The fourth-order valence-electron chi connectivity index (χ4n) is 3.88. The highest BCUT2D eigenvalue weighted by atomic mass is 79.9. The van der Waals surface area contributed by atoms with Crippen LogP contribution in [0.5, 0.6) is 6.01 Å². The molecule has 0 saturated carbocycles. The molecule has 1 aliphatic rings. The van der Waals surface area contributed by atoms with Crippen molar-refractivity contribution in [1.82, 2.24) is 9.97 Å². The zero-order valence-corrected chi connectivity index (χ0v) is 21.0. The van der Waals surface area contributed by atoms with E-state index in [0.717, 1.165) is 10.0 Å². The molecule has 4 rings (SSSR count). The third-order valence-corrected chi connectivity index (χ3v) is 6.44. The Morgan fingerprint density at radius 3 is 2.44 bits per heavy atom. The number of aromatic nitrogens is 2. The molecule has 1 amide bonds. The Balaban J connectivity index is 1.57. The molecule has 0 spiro atoms. The van der Waals surface area contributed by atoms with Crippen molar-refractivity contribution in [2.75, 3.05) is 37.0 Å². The fraction of sp³-hybridized carbons (Fsp3) is 0.280. The van der Waals surface area contributed by atoms with Crippen LogP contribution < -0.4 is 15.0 Å². The topological polar surface area (TPSA) is 114 Å². The van der Waals surface area contributed by atoms with Crippen molar-refractivity contribution in [3.05, 3.63) is 76.1 Å². The Kier molecular flexibility index (Phi) is 7.80. The Morgan fingerprint density at radius 1 is 1.14 bits per heavy atom. The minimum atomic E-state index is -1.02. The first kappa shape index (κ1) is 25.5. The summed E-state index contributed by atoms with van der Waals surface area (Å²) in [5.41, 5.74) is 0.357. The highest BCUT2D eigenvalue weighted by Gasteiger charge is 2.35. The van der Waals surface area contributed by atoms with E-state index >= 15 is 0 Å². The number of piperidine rings is 1. The number of ether oxygens (including phenoxy) is 2. The van der Waals surface area contributed by atoms with Crippen LogP contribution in [0.4, 0.5) is 15.9 Å². The van der Waals surface area contributed by atoms with Crippen molar-refractivity contribution in [2.45, 2.75) is 18.4 Å². The van der Waals surface area contributed by atoms with E-state index in [1.165, 1.54) is 37.6 Å². The molecule has 36 heavy (non-hydrogen) atoms. The summed E-state index contributed by atoms with van der Waals surface area (Å²) in [6.45, 7) is 0.411. The number of anilines is 2. The molecule has 11 heteroatoms. The Labute approximate surface area is 215 Å². The maximum atomic E-state index is 13.2. The van der Waals surface area contributed by atoms with Crippen molar-refractivity contribution >= 4 is 39.3 Å². The van der Waals surface area contributed by atoms with Gasteiger partial charge in [-0.15, -0.1) is 0 Å². The number of nitrogens with zero attached hydrogens (tertiary/aromatic N) is 3. The van der Waals surface area contributed by atoms with Crippen LogP contribution in [0, 0.1) is 5.82 Å². The summed E-state index contributed by atoms with van der Waals surface area (Å²) in [5.74, 6) is -1.22. The number of halogens is 2. The number of methoxy groups -OCH3 is 1. The van der Waals surface area contributed by atoms with E-state index in [1.807, 2.05) is 29.2 Å². The molecule has 2 heterocycles. The van der Waals surface area contributed by atoms with Gasteiger partial charge in [0.25, 0.3) is 5.91 Å². The maximum Gasteiger partial charge on any atom is 0.344 e. The van der Waals surface area contributed by atoms with Crippen molar-refractivity contribution < 1.29 is 28.6 Å². The molecule has 1 aromatic heterocycles. The van der Waals surface area contributed by atoms with Gasteiger partial charge in [0.15, 0.2) is 6.61 Å². The summed E-state index contributed by atoms with van der Waals surface area (Å²) >= 11 is 3.41. The predicted molar refractivity (Wildman–Crippen MR) is 133 cm³/mol. The number of nitrogens with one attached hydrogen (secondary N) is 1. The molecule has 2 N–H and O–H groups in total. The van der Waals surface area contributed by atoms with E-state index in [0.29, 0.717) is 37.4 Å². The smallest absolute Gasteiger partial charge is 0.344 e. The minimum Gasteiger partial charge on any atom is -0.466 e. The van der Waals surface area contributed by atoms with Gasteiger partial charge in [0, 0.05) is 29.4 Å². The normalized spacial score (nSPS) is 14.7. The van der Waals surface area contributed by atoms with Crippen LogP contribution in [0.1, 0.15) is 28.8 Å². The molecule has 1 aliphatic heterocycles. The van der Waals surface area contributed by atoms with Crippen molar-refractivity contribution in [3.63, 3.8) is 0 Å². The second-order valence-electron chi connectivity index (χ2n) is 8.24. The van der Waals surface area contributed by atoms with Crippen LogP contribution in [0.15, 0.2) is 59.2 Å². The maximum absolute atomic E-state index is 13.2. The first-order chi connectivity index (χ1) is 17.3. The summed E-state index contributed by atoms with van der Waals surface area (Å²) in [7, 11) is 1.24. The first-order valence-corrected chi connectivity index (χ1v) is 11.9. The molecule has 2 aromatic carbocycles. The van der Waals surface area contributed by atoms with Gasteiger partial charge in [-0.05, 0) is 54.8 Å². The number of amides is 1. The quantitative estimate of drug-likeness (QED) is 0.422. The second-order valence-corrected chi connectivity index (χ2v) is 9.16. The number of aliphatic hydroxyl groups is 1. The minimum absolute atomic E-state index is 0.0949. The van der Waals surface area contributed by atoms with E-state index in [-0.39, 0.29) is 18.2 Å². The number of rotatable bonds is 7. The number of hydrogen-bond donors (Lipinski definition) is 2. The summed E-state index contributed by atoms with van der Waals surface area (Å²) < 4.78 is 24.1. The lowest BCUT2D eigenvalue weighted by Crippen LogP contribution is -2.43. The fourth-order valence-corrected chi connectivity index (χ4v) is 4.14. The third-order valence-electron chi connectivity index (χ3n) is 5.91. The van der Waals surface area contributed by atoms with Gasteiger partial charge in [-0.1, -0.05) is 28.1 Å². The summed E-state index contributed by atoms with van der Waals surface area (Å²) in [4.78, 5) is 34.9. The highest BCUT2D eigenvalue weighted by molar-refractivity contribution is 9.10. The zero-order chi connectivity index (χ0) is 25.7. The van der Waals surface area contributed by atoms with Crippen molar-refractivity contribution in [2.24, 2.45) is 0 Å². The Bertz CT molecular complexity index is 1230. The summed E-state index contributed by atoms with van der Waals surface area (Å²) in [6, 6.07) is 12.8. The molecule has 188 valence electrons. The van der Waals surface area contributed by atoms with Crippen LogP contribution in [-0.4, -0.2) is 53.8 Å². The van der Waals surface area contributed by atoms with Gasteiger partial charge in [-0.3, -0.25) is 4.79 Å². The standard InChI is InChI=1S/C25H24BrFN4O5/c1-35-21(32)15-36-24-28-14-20(23(33)29-19-8-6-18(27)7-9-19)22(30-24)31-12-10-25(34,11-13-31)16-2-4-17(26)5-3-16/h2-9,14,34H,10-13,15H2,1H3,(H,29,33). The molecular weight excluding hydrogens is 535 g/mol. The van der Waals surface area contributed by atoms with Gasteiger partial charge in [0.2, 0.25) is 0 Å². The van der Waals surface area contributed by atoms with Crippen LogP contribution in [0.2, 0.25) is 0 Å². The highest BCUT2D eigenvalue weighted by Crippen LogP contribution is 2.35. The van der Waals surface area contributed by atoms with Crippen molar-refractivity contribution in [1.29, 1.82) is 0 Å². The molecule has 1 fully saturated rings. The lowest BCUT2D eigenvalue weighted by Gasteiger charge is -2.39. The average molecular weight is 559 g/mol. The molecule has 0 bridgehead atoms. The van der Waals surface area contributed by atoms with Crippen LogP contribution in [0.3, 0.4) is 0 Å². The number of esters is 1. The van der Waals surface area contributed by atoms with Crippen LogP contribution in [0.25, 0.3) is 0 Å². The summed E-state index contributed by atoms with van der Waals surface area (Å²) in [6.07, 6.45) is 2.11. The third kappa shape index (κ3) is 5.97. The van der Waals surface area contributed by atoms with E-state index < -0.39 is 23.3 Å². The predicted octanol–water partition coefficient (Wildman–Crippen LogP) is 3.67. The molecule has 0 radical (unpaired) electrons. The number of carbonyl (C=O) groups excluding carboxylic acids is 2. The largest absolute Gasteiger partial charge is 0.466 e. The molecule has 9 nitrogen and oxygen atoms in total. The van der Waals surface area contributed by atoms with Gasteiger partial charge >= 0.3 is 12.0 Å². The van der Waals surface area contributed by atoms with Crippen LogP contribution in [-0.2, 0) is 15.1 Å². The van der Waals surface area contributed by atoms with E-state index in [2.05, 4.69) is 36.0 Å². The average Bonchev–Trinajstić information content (AvgIpc) is 2.89. The lowest BCUT2D eigenvalue weighted by molar-refractivity contribution is -0.143. The monoisotopic (exact) mass is 558 g/mol. The van der Waals surface area contributed by atoms with Gasteiger partial charge in [-0.25, -0.2) is 14.2 Å². The van der Waals surface area contributed by atoms with E-state index in [9.17, 15) is 19.1 Å². The molecule has 0 aliphatic carbocycles. The summed E-state index contributed by atoms with van der Waals surface area (Å²) in [5, 5.41) is 14.0. The Morgan fingerprint density at radius 2 is 1.81 bits per heavy atom. The molecular formula is C25H24BrFN4O5. The van der Waals surface area contributed by atoms with Crippen LogP contribution >= 0.6 is 15.9 Å². The molecule has 1 saturated heterocycles. The number of benzene rings is 2. The first-order valence-electron chi connectivity index (χ1n) is 11.1. The Hall–Kier alpha value is -3.57. The zero-order valence-electron chi connectivity index (χ0n) is 19.4. The number of carbonyl (C=O) groups is 2. The van der Waals surface area contributed by atoms with Crippen molar-refractivity contribution in [3.8, 4) is 6.01 Å². The van der Waals surface area contributed by atoms with Gasteiger partial charge < -0.3 is 24.8 Å².